The molecule has 0 unspecified atom stereocenters. The van der Waals surface area contributed by atoms with Crippen LogP contribution in [0.4, 0.5) is 0 Å². The van der Waals surface area contributed by atoms with Gasteiger partial charge in [-0.3, -0.25) is 4.99 Å². The van der Waals surface area contributed by atoms with Gasteiger partial charge in [-0.15, -0.1) is 0 Å². The van der Waals surface area contributed by atoms with Crippen molar-refractivity contribution in [2.24, 2.45) is 10.9 Å². The predicted octanol–water partition coefficient (Wildman–Crippen LogP) is 4.34. The number of hydrogen-bond acceptors (Lipinski definition) is 1. The zero-order valence-electron chi connectivity index (χ0n) is 9.68. The fourth-order valence-electron chi connectivity index (χ4n) is 2.36. The third kappa shape index (κ3) is 4.59. The summed E-state index contributed by atoms with van der Waals surface area (Å²) in [5, 5.41) is 0. The van der Waals surface area contributed by atoms with E-state index in [1.54, 1.807) is 0 Å². The van der Waals surface area contributed by atoms with Crippen molar-refractivity contribution in [3.05, 3.63) is 12.3 Å². The molecule has 1 heteroatoms. The number of allylic oxidation sites excluding steroid dienone is 1. The highest BCUT2D eigenvalue weighted by atomic mass is 14.7. The van der Waals surface area contributed by atoms with E-state index < -0.39 is 0 Å². The first-order chi connectivity index (χ1) is 6.68. The second-order valence-electron chi connectivity index (χ2n) is 4.64. The summed E-state index contributed by atoms with van der Waals surface area (Å²) in [6.45, 7) is 7.93. The van der Waals surface area contributed by atoms with E-state index in [9.17, 15) is 0 Å². The summed E-state index contributed by atoms with van der Waals surface area (Å²) in [5.74, 6) is 0.889. The standard InChI is InChI=1S/C13H23N/c1-11(2)14-12(3)10-13-8-6-4-5-7-9-13/h13H,1,4-10H2,2-3H3. The van der Waals surface area contributed by atoms with Crippen LogP contribution < -0.4 is 0 Å². The predicted molar refractivity (Wildman–Crippen MR) is 63.7 cm³/mol. The van der Waals surface area contributed by atoms with Gasteiger partial charge in [0.2, 0.25) is 0 Å². The SMILES string of the molecule is C=C(C)N=C(C)CC1CCCCCC1. The minimum atomic E-state index is 0.889. The fraction of sp³-hybridized carbons (Fsp3) is 0.769. The Bertz CT molecular complexity index is 207. The van der Waals surface area contributed by atoms with Crippen LogP contribution in [-0.2, 0) is 0 Å². The lowest BCUT2D eigenvalue weighted by atomic mass is 9.94. The Morgan fingerprint density at radius 1 is 1.14 bits per heavy atom. The van der Waals surface area contributed by atoms with E-state index in [-0.39, 0.29) is 0 Å². The van der Waals surface area contributed by atoms with Crippen LogP contribution in [0.15, 0.2) is 17.3 Å². The molecule has 0 aromatic heterocycles. The Balaban J connectivity index is 2.37. The van der Waals surface area contributed by atoms with Crippen molar-refractivity contribution in [3.63, 3.8) is 0 Å². The van der Waals surface area contributed by atoms with E-state index in [1.165, 1.54) is 50.7 Å². The average Bonchev–Trinajstić information content (AvgIpc) is 2.31. The molecule has 0 amide bonds. The summed E-state index contributed by atoms with van der Waals surface area (Å²) in [5.41, 5.74) is 2.21. The van der Waals surface area contributed by atoms with Crippen LogP contribution in [0, 0.1) is 5.92 Å². The summed E-state index contributed by atoms with van der Waals surface area (Å²) in [7, 11) is 0. The average molecular weight is 193 g/mol. The quantitative estimate of drug-likeness (QED) is 0.467. The largest absolute Gasteiger partial charge is 0.263 e. The lowest BCUT2D eigenvalue weighted by molar-refractivity contribution is 0.476. The van der Waals surface area contributed by atoms with Gasteiger partial charge in [0.05, 0.1) is 0 Å². The van der Waals surface area contributed by atoms with E-state index in [4.69, 9.17) is 0 Å². The van der Waals surface area contributed by atoms with Gasteiger partial charge < -0.3 is 0 Å². The van der Waals surface area contributed by atoms with Gasteiger partial charge in [-0.1, -0.05) is 45.1 Å². The lowest BCUT2D eigenvalue weighted by Crippen LogP contribution is -2.05. The molecule has 0 N–H and O–H groups in total. The summed E-state index contributed by atoms with van der Waals surface area (Å²) in [4.78, 5) is 4.42. The molecule has 0 atom stereocenters. The van der Waals surface area contributed by atoms with Crippen molar-refractivity contribution in [2.75, 3.05) is 0 Å². The van der Waals surface area contributed by atoms with Gasteiger partial charge in [0.25, 0.3) is 0 Å². The van der Waals surface area contributed by atoms with Gasteiger partial charge in [0, 0.05) is 11.4 Å². The molecule has 1 saturated carbocycles. The van der Waals surface area contributed by atoms with Gasteiger partial charge >= 0.3 is 0 Å². The molecular weight excluding hydrogens is 170 g/mol. The second kappa shape index (κ2) is 6.00. The Kier molecular flexibility index (Phi) is 4.92. The van der Waals surface area contributed by atoms with E-state index in [2.05, 4.69) is 18.5 Å². The van der Waals surface area contributed by atoms with Gasteiger partial charge in [0.1, 0.15) is 0 Å². The molecule has 1 nitrogen and oxygen atoms in total. The van der Waals surface area contributed by atoms with Crippen LogP contribution >= 0.6 is 0 Å². The number of rotatable bonds is 3. The molecule has 0 saturated heterocycles. The lowest BCUT2D eigenvalue weighted by Gasteiger charge is -2.13. The number of hydrogen-bond donors (Lipinski definition) is 0. The van der Waals surface area contributed by atoms with Crippen LogP contribution in [0.5, 0.6) is 0 Å². The maximum absolute atomic E-state index is 4.42. The fourth-order valence-corrected chi connectivity index (χ4v) is 2.36. The molecule has 0 bridgehead atoms. The second-order valence-corrected chi connectivity index (χ2v) is 4.64. The monoisotopic (exact) mass is 193 g/mol. The van der Waals surface area contributed by atoms with Gasteiger partial charge in [0.15, 0.2) is 0 Å². The maximum Gasteiger partial charge on any atom is 0.0300 e. The van der Waals surface area contributed by atoms with Crippen LogP contribution in [0.1, 0.15) is 58.8 Å². The molecule has 0 heterocycles. The van der Waals surface area contributed by atoms with E-state index in [0.717, 1.165) is 11.6 Å². The Morgan fingerprint density at radius 3 is 2.21 bits per heavy atom. The molecule has 0 aliphatic heterocycles. The number of nitrogens with zero attached hydrogens (tertiary/aromatic N) is 1. The molecule has 0 radical (unpaired) electrons. The molecule has 1 aliphatic rings. The highest BCUT2D eigenvalue weighted by Crippen LogP contribution is 2.25. The summed E-state index contributed by atoms with van der Waals surface area (Å²) < 4.78 is 0. The van der Waals surface area contributed by atoms with Gasteiger partial charge in [-0.2, -0.15) is 0 Å². The molecule has 1 fully saturated rings. The van der Waals surface area contributed by atoms with Crippen LogP contribution in [0.2, 0.25) is 0 Å². The summed E-state index contributed by atoms with van der Waals surface area (Å²) in [6, 6.07) is 0. The zero-order valence-corrected chi connectivity index (χ0v) is 9.68. The minimum absolute atomic E-state index is 0.889. The molecular formula is C13H23N. The molecule has 0 aromatic rings. The first-order valence-electron chi connectivity index (χ1n) is 5.88. The number of aliphatic imine (C=N–C) groups is 1. The summed E-state index contributed by atoms with van der Waals surface area (Å²) in [6.07, 6.45) is 9.72. The van der Waals surface area contributed by atoms with E-state index >= 15 is 0 Å². The minimum Gasteiger partial charge on any atom is -0.263 e. The highest BCUT2D eigenvalue weighted by Gasteiger charge is 2.12. The molecule has 0 spiro atoms. The van der Waals surface area contributed by atoms with Crippen molar-refractivity contribution >= 4 is 5.71 Å². The van der Waals surface area contributed by atoms with Crippen LogP contribution in [0.3, 0.4) is 0 Å². The Hall–Kier alpha value is -0.590. The van der Waals surface area contributed by atoms with Crippen LogP contribution in [-0.4, -0.2) is 5.71 Å². The Morgan fingerprint density at radius 2 is 1.71 bits per heavy atom. The Labute approximate surface area is 88.3 Å². The van der Waals surface area contributed by atoms with Crippen molar-refractivity contribution in [2.45, 2.75) is 58.8 Å². The van der Waals surface area contributed by atoms with Crippen molar-refractivity contribution in [1.29, 1.82) is 0 Å². The molecule has 1 aliphatic carbocycles. The summed E-state index contributed by atoms with van der Waals surface area (Å²) >= 11 is 0. The third-order valence-corrected chi connectivity index (χ3v) is 2.94. The van der Waals surface area contributed by atoms with Gasteiger partial charge in [-0.25, -0.2) is 0 Å². The molecule has 14 heavy (non-hydrogen) atoms. The van der Waals surface area contributed by atoms with Crippen molar-refractivity contribution < 1.29 is 0 Å². The first-order valence-corrected chi connectivity index (χ1v) is 5.88. The van der Waals surface area contributed by atoms with Gasteiger partial charge in [-0.05, 0) is 26.2 Å². The molecule has 80 valence electrons. The third-order valence-electron chi connectivity index (χ3n) is 2.94. The normalized spacial score (nSPS) is 20.6. The van der Waals surface area contributed by atoms with E-state index in [1.807, 2.05) is 6.92 Å². The maximum atomic E-state index is 4.42. The topological polar surface area (TPSA) is 12.4 Å². The molecule has 1 rings (SSSR count). The molecule has 0 aromatic carbocycles. The van der Waals surface area contributed by atoms with Crippen molar-refractivity contribution in [1.82, 2.24) is 0 Å². The smallest absolute Gasteiger partial charge is 0.0300 e. The highest BCUT2D eigenvalue weighted by molar-refractivity contribution is 5.82. The zero-order chi connectivity index (χ0) is 10.4. The van der Waals surface area contributed by atoms with Crippen LogP contribution in [0.25, 0.3) is 0 Å². The van der Waals surface area contributed by atoms with E-state index in [0.29, 0.717) is 0 Å². The van der Waals surface area contributed by atoms with Crippen molar-refractivity contribution in [3.8, 4) is 0 Å². The first kappa shape index (κ1) is 11.5.